The summed E-state index contributed by atoms with van der Waals surface area (Å²) in [7, 11) is -6.25. The van der Waals surface area contributed by atoms with Gasteiger partial charge >= 0.3 is 15.4 Å². The first kappa shape index (κ1) is 25.6. The highest BCUT2D eigenvalue weighted by atomic mass is 32.2. The number of hydrogen-bond donors (Lipinski definition) is 1. The van der Waals surface area contributed by atoms with Crippen LogP contribution in [0.5, 0.6) is 5.75 Å². The molecular formula is C25H25F2O6S2+. The highest BCUT2D eigenvalue weighted by Crippen LogP contribution is 2.36. The first-order valence-electron chi connectivity index (χ1n) is 10.8. The van der Waals surface area contributed by atoms with E-state index < -0.39 is 38.2 Å². The Hall–Kier alpha value is -2.50. The van der Waals surface area contributed by atoms with Crippen molar-refractivity contribution in [3.8, 4) is 5.75 Å². The molecule has 1 aliphatic rings. The number of hydrogen-bond acceptors (Lipinski definition) is 5. The van der Waals surface area contributed by atoms with Gasteiger partial charge < -0.3 is 14.2 Å². The Bertz CT molecular complexity index is 1260. The Morgan fingerprint density at radius 1 is 0.943 bits per heavy atom. The van der Waals surface area contributed by atoms with Gasteiger partial charge in [0.2, 0.25) is 0 Å². The fraction of sp³-hybridized carbons (Fsp3) is 0.280. The Morgan fingerprint density at radius 2 is 1.51 bits per heavy atom. The highest BCUT2D eigenvalue weighted by molar-refractivity contribution is 7.97. The zero-order chi connectivity index (χ0) is 25.3. The van der Waals surface area contributed by atoms with Crippen LogP contribution in [0.15, 0.2) is 93.5 Å². The fourth-order valence-electron chi connectivity index (χ4n) is 3.70. The summed E-state index contributed by atoms with van der Waals surface area (Å²) in [5.74, 6) is -0.741. The summed E-state index contributed by atoms with van der Waals surface area (Å²) < 4.78 is 75.8. The molecule has 4 rings (SSSR count). The number of benzene rings is 3. The molecular weight excluding hydrogens is 498 g/mol. The Balaban J connectivity index is 1.68. The quantitative estimate of drug-likeness (QED) is 0.321. The van der Waals surface area contributed by atoms with Crippen molar-refractivity contribution < 1.29 is 36.0 Å². The molecule has 0 amide bonds. The molecule has 0 radical (unpaired) electrons. The number of alkyl halides is 2. The lowest BCUT2D eigenvalue weighted by Crippen LogP contribution is -2.42. The monoisotopic (exact) mass is 523 g/mol. The largest absolute Gasteiger partial charge is 0.483 e. The number of halogens is 2. The molecule has 1 fully saturated rings. The minimum atomic E-state index is -5.63. The van der Waals surface area contributed by atoms with Gasteiger partial charge in [0.25, 0.3) is 0 Å². The van der Waals surface area contributed by atoms with E-state index >= 15 is 0 Å². The molecule has 35 heavy (non-hydrogen) atoms. The van der Waals surface area contributed by atoms with Gasteiger partial charge in [0.05, 0.1) is 24.1 Å². The van der Waals surface area contributed by atoms with Crippen molar-refractivity contribution in [2.75, 3.05) is 13.2 Å². The maximum absolute atomic E-state index is 14.0. The van der Waals surface area contributed by atoms with E-state index in [9.17, 15) is 17.2 Å². The molecule has 1 heterocycles. The van der Waals surface area contributed by atoms with E-state index in [1.165, 1.54) is 6.07 Å². The third-order valence-corrected chi connectivity index (χ3v) is 8.84. The number of rotatable bonds is 8. The first-order valence-corrected chi connectivity index (χ1v) is 13.5. The van der Waals surface area contributed by atoms with Crippen molar-refractivity contribution >= 4 is 21.0 Å². The van der Waals surface area contributed by atoms with Gasteiger partial charge in [-0.3, -0.25) is 4.55 Å². The summed E-state index contributed by atoms with van der Waals surface area (Å²) in [6, 6.07) is 24.1. The predicted octanol–water partition coefficient (Wildman–Crippen LogP) is 5.25. The lowest BCUT2D eigenvalue weighted by Gasteiger charge is -2.23. The molecule has 0 aromatic heterocycles. The molecule has 3 aromatic carbocycles. The second kappa shape index (κ2) is 9.87. The Labute approximate surface area is 205 Å². The molecule has 2 atom stereocenters. The van der Waals surface area contributed by atoms with Crippen LogP contribution in [-0.4, -0.2) is 37.5 Å². The van der Waals surface area contributed by atoms with Gasteiger partial charge in [0, 0.05) is 11.6 Å². The van der Waals surface area contributed by atoms with Gasteiger partial charge in [0.15, 0.2) is 26.6 Å². The van der Waals surface area contributed by atoms with E-state index in [0.29, 0.717) is 13.2 Å². The minimum absolute atomic E-state index is 0.0589. The van der Waals surface area contributed by atoms with E-state index in [4.69, 9.17) is 18.8 Å². The molecule has 0 spiro atoms. The normalized spacial score (nSPS) is 17.6. The summed E-state index contributed by atoms with van der Waals surface area (Å²) in [5.41, 5.74) is 0.883. The zero-order valence-corrected chi connectivity index (χ0v) is 20.7. The van der Waals surface area contributed by atoms with Gasteiger partial charge in [-0.15, -0.1) is 0 Å². The van der Waals surface area contributed by atoms with Gasteiger partial charge in [-0.05, 0) is 62.4 Å². The van der Waals surface area contributed by atoms with Gasteiger partial charge in [-0.1, -0.05) is 24.3 Å². The maximum atomic E-state index is 14.0. The zero-order valence-electron chi connectivity index (χ0n) is 19.1. The smallest absolute Gasteiger partial charge is 0.405 e. The van der Waals surface area contributed by atoms with Crippen LogP contribution in [0.1, 0.15) is 19.4 Å². The van der Waals surface area contributed by atoms with E-state index in [1.54, 1.807) is 12.1 Å². The van der Waals surface area contributed by atoms with E-state index in [2.05, 4.69) is 0 Å². The lowest BCUT2D eigenvalue weighted by molar-refractivity contribution is -0.149. The van der Waals surface area contributed by atoms with Gasteiger partial charge in [-0.25, -0.2) is 0 Å². The molecule has 0 bridgehead atoms. The molecule has 0 saturated carbocycles. The minimum Gasteiger partial charge on any atom is -0.483 e. The van der Waals surface area contributed by atoms with E-state index in [-0.39, 0.29) is 5.75 Å². The fourth-order valence-corrected chi connectivity index (χ4v) is 6.27. The molecule has 1 saturated heterocycles. The average molecular weight is 524 g/mol. The molecule has 3 aromatic rings. The molecule has 0 aliphatic carbocycles. The number of ether oxygens (including phenoxy) is 3. The highest BCUT2D eigenvalue weighted by Gasteiger charge is 2.51. The van der Waals surface area contributed by atoms with Gasteiger partial charge in [0.1, 0.15) is 5.75 Å². The molecule has 10 heteroatoms. The molecule has 6 nitrogen and oxygen atoms in total. The van der Waals surface area contributed by atoms with Crippen molar-refractivity contribution in [3.05, 3.63) is 84.4 Å². The van der Waals surface area contributed by atoms with Crippen molar-refractivity contribution in [2.45, 2.75) is 45.7 Å². The first-order chi connectivity index (χ1) is 16.5. The van der Waals surface area contributed by atoms with Crippen molar-refractivity contribution in [3.63, 3.8) is 0 Å². The van der Waals surface area contributed by atoms with E-state index in [0.717, 1.165) is 27.2 Å². The van der Waals surface area contributed by atoms with Crippen molar-refractivity contribution in [2.24, 2.45) is 0 Å². The predicted molar refractivity (Wildman–Crippen MR) is 127 cm³/mol. The van der Waals surface area contributed by atoms with Crippen LogP contribution < -0.4 is 4.74 Å². The SMILES string of the molecule is CC(Oc1cccc([S+](c2ccccc2)c2ccc(C3(C)OCCO3)cc2)c1)C(F)(F)S(=O)(=O)O. The molecule has 2 unspecified atom stereocenters. The topological polar surface area (TPSA) is 82.1 Å². The van der Waals surface area contributed by atoms with Crippen LogP contribution in [0.2, 0.25) is 0 Å². The summed E-state index contributed by atoms with van der Waals surface area (Å²) in [6.45, 7) is 3.81. The summed E-state index contributed by atoms with van der Waals surface area (Å²) >= 11 is 0. The van der Waals surface area contributed by atoms with E-state index in [1.807, 2.05) is 67.6 Å². The maximum Gasteiger partial charge on any atom is 0.405 e. The third kappa shape index (κ3) is 5.36. The second-order valence-corrected chi connectivity index (χ2v) is 11.6. The molecule has 186 valence electrons. The van der Waals surface area contributed by atoms with Crippen LogP contribution in [0.3, 0.4) is 0 Å². The summed E-state index contributed by atoms with van der Waals surface area (Å²) in [4.78, 5) is 2.74. The van der Waals surface area contributed by atoms with Crippen LogP contribution in [-0.2, 0) is 36.3 Å². The van der Waals surface area contributed by atoms with Gasteiger partial charge in [-0.2, -0.15) is 17.2 Å². The lowest BCUT2D eigenvalue weighted by atomic mass is 10.1. The summed E-state index contributed by atoms with van der Waals surface area (Å²) in [5, 5.41) is -4.46. The standard InChI is InChI=1S/C25H24F2O6S2/c1-18(25(26,27)35(28,29)30)33-20-7-6-10-23(17-20)34(21-8-4-3-5-9-21)22-13-11-19(12-14-22)24(2)31-15-16-32-24/h3-14,17-18H,15-16H2,1-2H3/p+1. The van der Waals surface area contributed by atoms with Crippen LogP contribution in [0, 0.1) is 0 Å². The third-order valence-electron chi connectivity index (χ3n) is 5.60. The van der Waals surface area contributed by atoms with Crippen molar-refractivity contribution in [1.82, 2.24) is 0 Å². The summed E-state index contributed by atoms with van der Waals surface area (Å²) in [6.07, 6.45) is -2.10. The average Bonchev–Trinajstić information content (AvgIpc) is 3.27. The van der Waals surface area contributed by atoms with Crippen LogP contribution >= 0.6 is 0 Å². The Kier molecular flexibility index (Phi) is 7.21. The molecule has 1 N–H and O–H groups in total. The second-order valence-electron chi connectivity index (χ2n) is 8.06. The Morgan fingerprint density at radius 3 is 2.11 bits per heavy atom. The molecule has 1 aliphatic heterocycles. The van der Waals surface area contributed by atoms with Crippen LogP contribution in [0.4, 0.5) is 8.78 Å². The van der Waals surface area contributed by atoms with Crippen molar-refractivity contribution in [1.29, 1.82) is 0 Å². The van der Waals surface area contributed by atoms with Crippen LogP contribution in [0.25, 0.3) is 0 Å².